The molecule has 0 fully saturated rings. The molecular weight excluding hydrogens is 442 g/mol. The minimum Gasteiger partial charge on any atom is -0.496 e. The lowest BCUT2D eigenvalue weighted by molar-refractivity contribution is -0.111. The number of nitrogens with zero attached hydrogens (tertiary/aromatic N) is 2. The Hall–Kier alpha value is -3.10. The number of thioether (sulfide) groups is 1. The lowest BCUT2D eigenvalue weighted by Crippen LogP contribution is -2.08. The Kier molecular flexibility index (Phi) is 6.62. The first kappa shape index (κ1) is 22.1. The van der Waals surface area contributed by atoms with Crippen LogP contribution < -0.4 is 10.1 Å². The largest absolute Gasteiger partial charge is 0.496 e. The summed E-state index contributed by atoms with van der Waals surface area (Å²) >= 11 is 2.96. The monoisotopic (exact) mass is 465 g/mol. The highest BCUT2D eigenvalue weighted by Crippen LogP contribution is 2.40. The number of amides is 1. The summed E-state index contributed by atoms with van der Waals surface area (Å²) in [6.45, 7) is 5.90. The molecule has 0 saturated heterocycles. The second-order valence-corrected chi connectivity index (χ2v) is 9.59. The van der Waals surface area contributed by atoms with Crippen LogP contribution in [-0.4, -0.2) is 29.0 Å². The minimum atomic E-state index is -0.262. The van der Waals surface area contributed by atoms with Crippen molar-refractivity contribution < 1.29 is 13.9 Å². The summed E-state index contributed by atoms with van der Waals surface area (Å²) in [5.74, 6) is 1.33. The zero-order valence-corrected chi connectivity index (χ0v) is 19.9. The molecule has 8 heteroatoms. The molecule has 1 N–H and O–H groups in total. The van der Waals surface area contributed by atoms with Crippen molar-refractivity contribution in [2.45, 2.75) is 25.1 Å². The third-order valence-corrected chi connectivity index (χ3v) is 6.86. The number of fused-ring (bicyclic) bond motifs is 1. The molecule has 0 aliphatic heterocycles. The molecule has 4 aromatic rings. The molecule has 1 amide bonds. The van der Waals surface area contributed by atoms with Crippen LogP contribution >= 0.6 is 23.1 Å². The van der Waals surface area contributed by atoms with Gasteiger partial charge in [0.2, 0.25) is 11.0 Å². The molecular formula is C24H23N3O3S2. The van der Waals surface area contributed by atoms with Gasteiger partial charge in [-0.2, -0.15) is 0 Å². The minimum absolute atomic E-state index is 0.262. The lowest BCUT2D eigenvalue weighted by atomic mass is 9.96. The summed E-state index contributed by atoms with van der Waals surface area (Å²) in [6.07, 6.45) is 3.32. The molecule has 0 bridgehead atoms. The van der Waals surface area contributed by atoms with Gasteiger partial charge in [-0.25, -0.2) is 0 Å². The third-order valence-electron chi connectivity index (χ3n) is 5.01. The Morgan fingerprint density at radius 3 is 2.78 bits per heavy atom. The maximum atomic E-state index is 12.6. The number of anilines is 1. The van der Waals surface area contributed by atoms with E-state index in [-0.39, 0.29) is 5.91 Å². The van der Waals surface area contributed by atoms with Crippen LogP contribution in [0.2, 0.25) is 0 Å². The van der Waals surface area contributed by atoms with Crippen molar-refractivity contribution in [3.8, 4) is 16.9 Å². The van der Waals surface area contributed by atoms with Gasteiger partial charge in [0.1, 0.15) is 11.3 Å². The Morgan fingerprint density at radius 2 is 2.06 bits per heavy atom. The first-order valence-electron chi connectivity index (χ1n) is 10.1. The van der Waals surface area contributed by atoms with Gasteiger partial charge in [0.05, 0.1) is 13.4 Å². The number of rotatable bonds is 7. The highest BCUT2D eigenvalue weighted by Gasteiger charge is 2.19. The number of hydrogen-bond donors (Lipinski definition) is 1. The van der Waals surface area contributed by atoms with Crippen LogP contribution in [0.25, 0.3) is 27.7 Å². The van der Waals surface area contributed by atoms with E-state index in [0.29, 0.717) is 10.9 Å². The Bertz CT molecular complexity index is 1290. The van der Waals surface area contributed by atoms with Crippen LogP contribution in [0.4, 0.5) is 5.13 Å². The number of benzene rings is 2. The van der Waals surface area contributed by atoms with Crippen LogP contribution in [-0.2, 0) is 4.79 Å². The highest BCUT2D eigenvalue weighted by atomic mass is 32.2. The normalized spacial score (nSPS) is 11.7. The first-order chi connectivity index (χ1) is 15.5. The number of allylic oxidation sites excluding steroid dienone is 1. The molecule has 32 heavy (non-hydrogen) atoms. The maximum absolute atomic E-state index is 12.6. The van der Waals surface area contributed by atoms with Gasteiger partial charge >= 0.3 is 0 Å². The smallest absolute Gasteiger partial charge is 0.250 e. The van der Waals surface area contributed by atoms with E-state index >= 15 is 0 Å². The van der Waals surface area contributed by atoms with Gasteiger partial charge in [-0.15, -0.1) is 10.2 Å². The molecule has 6 nitrogen and oxygen atoms in total. The van der Waals surface area contributed by atoms with E-state index in [1.165, 1.54) is 11.3 Å². The number of furan rings is 1. The molecule has 0 atom stereocenters. The average Bonchev–Trinajstić information content (AvgIpc) is 3.41. The molecule has 2 aromatic carbocycles. The van der Waals surface area contributed by atoms with Crippen LogP contribution in [0.3, 0.4) is 0 Å². The number of aryl methyl sites for hydroxylation is 1. The summed E-state index contributed by atoms with van der Waals surface area (Å²) in [5, 5.41) is 12.4. The average molecular weight is 466 g/mol. The second-order valence-electron chi connectivity index (χ2n) is 7.10. The summed E-state index contributed by atoms with van der Waals surface area (Å²) < 4.78 is 12.4. The fraction of sp³-hybridized carbons (Fsp3) is 0.208. The van der Waals surface area contributed by atoms with E-state index in [4.69, 9.17) is 9.15 Å². The SMILES string of the molecule is CCSc1nnc(NC(=O)/C=C(\C)c2cc3c(-c4ccccc4)coc3c(C)c2OC)s1. The number of methoxy groups -OCH3 is 1. The standard InChI is InChI=1S/C24H23N3O3S2/c1-5-31-24-27-26-23(32-24)25-20(28)11-14(2)17-12-18-19(16-9-7-6-8-10-16)13-30-22(18)15(3)21(17)29-4/h6-13H,5H2,1-4H3,(H,25,26,28)/b14-11+. The van der Waals surface area contributed by atoms with Gasteiger partial charge in [0, 0.05) is 28.2 Å². The van der Waals surface area contributed by atoms with Gasteiger partial charge < -0.3 is 9.15 Å². The van der Waals surface area contributed by atoms with Crippen molar-refractivity contribution in [1.82, 2.24) is 10.2 Å². The molecule has 164 valence electrons. The van der Waals surface area contributed by atoms with Crippen LogP contribution in [0.5, 0.6) is 5.75 Å². The van der Waals surface area contributed by atoms with E-state index in [1.807, 2.05) is 57.2 Å². The van der Waals surface area contributed by atoms with Gasteiger partial charge in [0.25, 0.3) is 0 Å². The predicted octanol–water partition coefficient (Wildman–Crippen LogP) is 6.42. The van der Waals surface area contributed by atoms with E-state index < -0.39 is 0 Å². The van der Waals surface area contributed by atoms with Crippen LogP contribution in [0.15, 0.2) is 57.5 Å². The molecule has 0 saturated carbocycles. The van der Waals surface area contributed by atoms with Crippen LogP contribution in [0, 0.1) is 6.92 Å². The molecule has 2 aromatic heterocycles. The van der Waals surface area contributed by atoms with Crippen molar-refractivity contribution in [1.29, 1.82) is 0 Å². The van der Waals surface area contributed by atoms with E-state index in [2.05, 4.69) is 15.5 Å². The van der Waals surface area contributed by atoms with Crippen molar-refractivity contribution in [3.05, 3.63) is 59.9 Å². The first-order valence-corrected chi connectivity index (χ1v) is 11.9. The van der Waals surface area contributed by atoms with Gasteiger partial charge in [0.15, 0.2) is 4.34 Å². The fourth-order valence-electron chi connectivity index (χ4n) is 3.57. The number of aromatic nitrogens is 2. The molecule has 0 aliphatic rings. The van der Waals surface area contributed by atoms with Crippen molar-refractivity contribution in [2.24, 2.45) is 0 Å². The summed E-state index contributed by atoms with van der Waals surface area (Å²) in [5.41, 5.74) is 5.35. The van der Waals surface area contributed by atoms with Crippen LogP contribution in [0.1, 0.15) is 25.0 Å². The number of carbonyl (C=O) groups is 1. The predicted molar refractivity (Wildman–Crippen MR) is 132 cm³/mol. The third kappa shape index (κ3) is 4.42. The highest BCUT2D eigenvalue weighted by molar-refractivity contribution is 8.01. The molecule has 0 aliphatic carbocycles. The number of carbonyl (C=O) groups excluding carboxylic acids is 1. The summed E-state index contributed by atoms with van der Waals surface area (Å²) in [6, 6.07) is 12.1. The Balaban J connectivity index is 1.70. The molecule has 4 rings (SSSR count). The fourth-order valence-corrected chi connectivity index (χ4v) is 5.22. The van der Waals surface area contributed by atoms with E-state index in [9.17, 15) is 4.79 Å². The summed E-state index contributed by atoms with van der Waals surface area (Å²) in [7, 11) is 1.63. The zero-order chi connectivity index (χ0) is 22.7. The maximum Gasteiger partial charge on any atom is 0.250 e. The Morgan fingerprint density at radius 1 is 1.28 bits per heavy atom. The molecule has 0 spiro atoms. The molecule has 0 unspecified atom stereocenters. The van der Waals surface area contributed by atoms with Crippen molar-refractivity contribution in [2.75, 3.05) is 18.2 Å². The number of nitrogens with one attached hydrogen (secondary N) is 1. The van der Waals surface area contributed by atoms with E-state index in [1.54, 1.807) is 31.2 Å². The Labute approximate surface area is 194 Å². The lowest BCUT2D eigenvalue weighted by Gasteiger charge is -2.13. The number of ether oxygens (including phenoxy) is 1. The summed E-state index contributed by atoms with van der Waals surface area (Å²) in [4.78, 5) is 12.6. The topological polar surface area (TPSA) is 77.3 Å². The van der Waals surface area contributed by atoms with Gasteiger partial charge in [-0.05, 0) is 36.8 Å². The van der Waals surface area contributed by atoms with Gasteiger partial charge in [-0.1, -0.05) is 60.4 Å². The second kappa shape index (κ2) is 9.58. The molecule has 0 radical (unpaired) electrons. The van der Waals surface area contributed by atoms with Gasteiger partial charge in [-0.3, -0.25) is 10.1 Å². The van der Waals surface area contributed by atoms with E-state index in [0.717, 1.165) is 48.9 Å². The quantitative estimate of drug-likeness (QED) is 0.193. The zero-order valence-electron chi connectivity index (χ0n) is 18.3. The number of hydrogen-bond acceptors (Lipinski definition) is 7. The molecule has 2 heterocycles. The van der Waals surface area contributed by atoms with Crippen molar-refractivity contribution >= 4 is 50.7 Å². The van der Waals surface area contributed by atoms with Crippen molar-refractivity contribution in [3.63, 3.8) is 0 Å².